The molecule has 0 spiro atoms. The molecule has 0 aliphatic carbocycles. The summed E-state index contributed by atoms with van der Waals surface area (Å²) in [5.74, 6) is 0.328. The maximum atomic E-state index is 12.5. The molecule has 2 aromatic rings. The van der Waals surface area contributed by atoms with E-state index >= 15 is 0 Å². The fourth-order valence-corrected chi connectivity index (χ4v) is 3.21. The van der Waals surface area contributed by atoms with Gasteiger partial charge in [0.2, 0.25) is 5.88 Å². The molecule has 0 radical (unpaired) electrons. The predicted octanol–water partition coefficient (Wildman–Crippen LogP) is 4.95. The van der Waals surface area contributed by atoms with Crippen LogP contribution < -0.4 is 14.8 Å². The molecule has 1 N–H and O–H groups in total. The van der Waals surface area contributed by atoms with Crippen molar-refractivity contribution in [2.24, 2.45) is 5.92 Å². The number of urea groups is 1. The van der Waals surface area contributed by atoms with Crippen molar-refractivity contribution >= 4 is 17.8 Å². The first-order chi connectivity index (χ1) is 14.2. The van der Waals surface area contributed by atoms with Crippen LogP contribution in [0.15, 0.2) is 48.2 Å². The molecule has 0 saturated carbocycles. The molecule has 1 aliphatic rings. The smallest absolute Gasteiger partial charge is 0.481 e. The van der Waals surface area contributed by atoms with Crippen molar-refractivity contribution in [3.63, 3.8) is 0 Å². The predicted molar refractivity (Wildman–Crippen MR) is 106 cm³/mol. The van der Waals surface area contributed by atoms with Crippen LogP contribution in [0.2, 0.25) is 0 Å². The van der Waals surface area contributed by atoms with Gasteiger partial charge in [-0.15, -0.1) is 13.2 Å². The highest BCUT2D eigenvalue weighted by Gasteiger charge is 2.31. The Morgan fingerprint density at radius 1 is 1.23 bits per heavy atom. The standard InChI is InChI=1S/C21H22F3N3O3/c1-14-13-27(20(28)26-17-5-8-19(29-2)25-12-17)10-9-16(14)11-15-3-6-18(7-4-15)30-21(22,23)24/h3-8,11-12,14H,9-10,13H2,1-2H3,(H,26,28). The van der Waals surface area contributed by atoms with E-state index < -0.39 is 6.36 Å². The number of anilines is 1. The van der Waals surface area contributed by atoms with Gasteiger partial charge in [-0.3, -0.25) is 0 Å². The highest BCUT2D eigenvalue weighted by molar-refractivity contribution is 5.89. The molecule has 1 aliphatic heterocycles. The van der Waals surface area contributed by atoms with Crippen molar-refractivity contribution in [2.75, 3.05) is 25.5 Å². The third-order valence-electron chi connectivity index (χ3n) is 4.75. The summed E-state index contributed by atoms with van der Waals surface area (Å²) in [7, 11) is 1.52. The monoisotopic (exact) mass is 421 g/mol. The Labute approximate surface area is 172 Å². The number of aromatic nitrogens is 1. The van der Waals surface area contributed by atoms with Crippen LogP contribution in [0.1, 0.15) is 18.9 Å². The van der Waals surface area contributed by atoms with Gasteiger partial charge in [-0.05, 0) is 36.1 Å². The molecule has 2 amide bonds. The number of halogens is 3. The van der Waals surface area contributed by atoms with E-state index in [0.29, 0.717) is 31.1 Å². The lowest BCUT2D eigenvalue weighted by atomic mass is 9.91. The van der Waals surface area contributed by atoms with Gasteiger partial charge in [0, 0.05) is 19.2 Å². The number of hydrogen-bond acceptors (Lipinski definition) is 4. The SMILES string of the molecule is COc1ccc(NC(=O)N2CCC(=Cc3ccc(OC(F)(F)F)cc3)C(C)C2)cn1. The number of carbonyl (C=O) groups is 1. The molecule has 2 heterocycles. The Morgan fingerprint density at radius 3 is 2.53 bits per heavy atom. The largest absolute Gasteiger partial charge is 0.573 e. The number of pyridine rings is 1. The lowest BCUT2D eigenvalue weighted by Crippen LogP contribution is -2.42. The third-order valence-corrected chi connectivity index (χ3v) is 4.75. The Balaban J connectivity index is 1.58. The number of carbonyl (C=O) groups excluding carboxylic acids is 1. The molecule has 1 fully saturated rings. The third kappa shape index (κ3) is 5.88. The Hall–Kier alpha value is -3.23. The minimum absolute atomic E-state index is 0.115. The van der Waals surface area contributed by atoms with Crippen LogP contribution in [0.3, 0.4) is 0 Å². The van der Waals surface area contributed by atoms with Crippen LogP contribution in [-0.4, -0.2) is 42.5 Å². The van der Waals surface area contributed by atoms with Crippen molar-refractivity contribution in [1.82, 2.24) is 9.88 Å². The van der Waals surface area contributed by atoms with Gasteiger partial charge >= 0.3 is 12.4 Å². The zero-order valence-corrected chi connectivity index (χ0v) is 16.6. The van der Waals surface area contributed by atoms with Crippen LogP contribution in [0.5, 0.6) is 11.6 Å². The van der Waals surface area contributed by atoms with Crippen LogP contribution in [0.4, 0.5) is 23.7 Å². The van der Waals surface area contributed by atoms with Gasteiger partial charge in [-0.2, -0.15) is 0 Å². The first kappa shape index (κ1) is 21.5. The Kier molecular flexibility index (Phi) is 6.49. The minimum Gasteiger partial charge on any atom is -0.481 e. The zero-order chi connectivity index (χ0) is 21.7. The molecule has 1 saturated heterocycles. The summed E-state index contributed by atoms with van der Waals surface area (Å²) in [6, 6.07) is 8.91. The number of benzene rings is 1. The summed E-state index contributed by atoms with van der Waals surface area (Å²) in [6.45, 7) is 3.10. The molecular formula is C21H22F3N3O3. The van der Waals surface area contributed by atoms with Crippen LogP contribution in [0.25, 0.3) is 6.08 Å². The van der Waals surface area contributed by atoms with Crippen LogP contribution in [0, 0.1) is 5.92 Å². The number of ether oxygens (including phenoxy) is 2. The van der Waals surface area contributed by atoms with E-state index in [4.69, 9.17) is 4.74 Å². The Morgan fingerprint density at radius 2 is 1.97 bits per heavy atom. The van der Waals surface area contributed by atoms with Crippen molar-refractivity contribution in [2.45, 2.75) is 19.7 Å². The summed E-state index contributed by atoms with van der Waals surface area (Å²) in [4.78, 5) is 18.3. The fraction of sp³-hybridized carbons (Fsp3) is 0.333. The quantitative estimate of drug-likeness (QED) is 0.759. The summed E-state index contributed by atoms with van der Waals surface area (Å²) >= 11 is 0. The number of methoxy groups -OCH3 is 1. The summed E-state index contributed by atoms with van der Waals surface area (Å²) < 4.78 is 45.7. The molecule has 30 heavy (non-hydrogen) atoms. The number of amides is 2. The average Bonchev–Trinajstić information content (AvgIpc) is 2.70. The lowest BCUT2D eigenvalue weighted by molar-refractivity contribution is -0.274. The molecule has 1 aromatic heterocycles. The second-order valence-electron chi connectivity index (χ2n) is 6.95. The van der Waals surface area contributed by atoms with E-state index in [-0.39, 0.29) is 17.7 Å². The number of rotatable bonds is 4. The molecular weight excluding hydrogens is 399 g/mol. The van der Waals surface area contributed by atoms with Crippen molar-refractivity contribution in [1.29, 1.82) is 0 Å². The zero-order valence-electron chi connectivity index (χ0n) is 16.6. The van der Waals surface area contributed by atoms with Gasteiger partial charge in [-0.25, -0.2) is 9.78 Å². The summed E-state index contributed by atoms with van der Waals surface area (Å²) in [6.07, 6.45) is -0.549. The van der Waals surface area contributed by atoms with Gasteiger partial charge in [-0.1, -0.05) is 30.7 Å². The number of nitrogens with one attached hydrogen (secondary N) is 1. The Bertz CT molecular complexity index is 896. The second-order valence-corrected chi connectivity index (χ2v) is 6.95. The average molecular weight is 421 g/mol. The number of hydrogen-bond donors (Lipinski definition) is 1. The van der Waals surface area contributed by atoms with Gasteiger partial charge in [0.05, 0.1) is 19.0 Å². The number of piperidine rings is 1. The van der Waals surface area contributed by atoms with Crippen LogP contribution in [-0.2, 0) is 0 Å². The normalized spacial score (nSPS) is 18.2. The second kappa shape index (κ2) is 9.06. The van der Waals surface area contributed by atoms with E-state index in [9.17, 15) is 18.0 Å². The molecule has 6 nitrogen and oxygen atoms in total. The molecule has 160 valence electrons. The topological polar surface area (TPSA) is 63.7 Å². The molecule has 0 bridgehead atoms. The van der Waals surface area contributed by atoms with Crippen LogP contribution >= 0.6 is 0 Å². The van der Waals surface area contributed by atoms with Crippen molar-refractivity contribution in [3.8, 4) is 11.6 Å². The van der Waals surface area contributed by atoms with E-state index in [2.05, 4.69) is 15.0 Å². The summed E-state index contributed by atoms with van der Waals surface area (Å²) in [5, 5.41) is 2.82. The van der Waals surface area contributed by atoms with Gasteiger partial charge < -0.3 is 19.7 Å². The van der Waals surface area contributed by atoms with Crippen molar-refractivity contribution in [3.05, 3.63) is 53.7 Å². The van der Waals surface area contributed by atoms with E-state index in [1.54, 1.807) is 29.2 Å². The molecule has 1 unspecified atom stereocenters. The van der Waals surface area contributed by atoms with Gasteiger partial charge in [0.25, 0.3) is 0 Å². The maximum Gasteiger partial charge on any atom is 0.573 e. The highest BCUT2D eigenvalue weighted by Crippen LogP contribution is 2.27. The van der Waals surface area contributed by atoms with E-state index in [1.807, 2.05) is 13.0 Å². The molecule has 3 rings (SSSR count). The highest BCUT2D eigenvalue weighted by atomic mass is 19.4. The summed E-state index contributed by atoms with van der Waals surface area (Å²) in [5.41, 5.74) is 2.50. The number of likely N-dealkylation sites (tertiary alicyclic amines) is 1. The first-order valence-corrected chi connectivity index (χ1v) is 9.36. The van der Waals surface area contributed by atoms with Gasteiger partial charge in [0.1, 0.15) is 5.75 Å². The van der Waals surface area contributed by atoms with E-state index in [1.165, 1.54) is 25.4 Å². The molecule has 9 heteroatoms. The molecule has 1 atom stereocenters. The maximum absolute atomic E-state index is 12.5. The number of alkyl halides is 3. The first-order valence-electron chi connectivity index (χ1n) is 9.36. The molecule has 1 aromatic carbocycles. The minimum atomic E-state index is -4.70. The lowest BCUT2D eigenvalue weighted by Gasteiger charge is -2.33. The number of nitrogens with zero attached hydrogens (tertiary/aromatic N) is 2. The van der Waals surface area contributed by atoms with E-state index in [0.717, 1.165) is 11.1 Å². The van der Waals surface area contributed by atoms with Crippen molar-refractivity contribution < 1.29 is 27.4 Å². The fourth-order valence-electron chi connectivity index (χ4n) is 3.21. The van der Waals surface area contributed by atoms with Gasteiger partial charge in [0.15, 0.2) is 0 Å².